The van der Waals surface area contributed by atoms with Crippen LogP contribution in [0.1, 0.15) is 17.4 Å². The third-order valence-electron chi connectivity index (χ3n) is 3.71. The van der Waals surface area contributed by atoms with Crippen molar-refractivity contribution in [1.29, 1.82) is 0 Å². The minimum atomic E-state index is -0.379. The molecule has 0 saturated heterocycles. The number of hydrogen-bond acceptors (Lipinski definition) is 6. The van der Waals surface area contributed by atoms with E-state index in [1.165, 1.54) is 19.3 Å². The van der Waals surface area contributed by atoms with Crippen LogP contribution in [0.3, 0.4) is 0 Å². The van der Waals surface area contributed by atoms with Gasteiger partial charge < -0.3 is 20.7 Å². The second-order valence-corrected chi connectivity index (χ2v) is 5.85. The van der Waals surface area contributed by atoms with Crippen LogP contribution in [0.25, 0.3) is 0 Å². The summed E-state index contributed by atoms with van der Waals surface area (Å²) >= 11 is 0. The largest absolute Gasteiger partial charge is 0.497 e. The van der Waals surface area contributed by atoms with E-state index in [0.717, 1.165) is 11.4 Å². The number of carbonyl (C=O) groups is 2. The molecule has 3 N–H and O–H groups in total. The van der Waals surface area contributed by atoms with E-state index in [4.69, 9.17) is 4.74 Å². The van der Waals surface area contributed by atoms with Crippen molar-refractivity contribution in [2.75, 3.05) is 23.1 Å². The predicted octanol–water partition coefficient (Wildman–Crippen LogP) is 3.44. The lowest BCUT2D eigenvalue weighted by atomic mass is 10.2. The number of ether oxygens (including phenoxy) is 1. The number of methoxy groups -OCH3 is 1. The molecule has 3 rings (SSSR count). The van der Waals surface area contributed by atoms with Gasteiger partial charge in [0.2, 0.25) is 5.91 Å². The molecule has 28 heavy (non-hydrogen) atoms. The molecular weight excluding hydrogens is 358 g/mol. The maximum absolute atomic E-state index is 12.3. The highest BCUT2D eigenvalue weighted by Gasteiger charge is 2.09. The van der Waals surface area contributed by atoms with Crippen LogP contribution in [0.2, 0.25) is 0 Å². The Kier molecular flexibility index (Phi) is 5.81. The minimum Gasteiger partial charge on any atom is -0.497 e. The van der Waals surface area contributed by atoms with E-state index in [1.54, 1.807) is 31.4 Å². The zero-order chi connectivity index (χ0) is 19.9. The lowest BCUT2D eigenvalue weighted by Crippen LogP contribution is -2.14. The molecule has 0 spiro atoms. The Labute approximate surface area is 162 Å². The SMILES string of the molecule is COc1ccc(Nc2cnc(C(=O)Nc3ccc(NC(C)=O)cc3)cn2)cc1. The van der Waals surface area contributed by atoms with Crippen molar-refractivity contribution in [2.45, 2.75) is 6.92 Å². The Morgan fingerprint density at radius 3 is 1.96 bits per heavy atom. The van der Waals surface area contributed by atoms with Gasteiger partial charge in [-0.3, -0.25) is 9.59 Å². The summed E-state index contributed by atoms with van der Waals surface area (Å²) in [4.78, 5) is 31.7. The van der Waals surface area contributed by atoms with Crippen molar-refractivity contribution < 1.29 is 14.3 Å². The van der Waals surface area contributed by atoms with E-state index < -0.39 is 0 Å². The van der Waals surface area contributed by atoms with Gasteiger partial charge in [-0.05, 0) is 48.5 Å². The summed E-state index contributed by atoms with van der Waals surface area (Å²) in [5.41, 5.74) is 2.25. The van der Waals surface area contributed by atoms with Crippen LogP contribution in [-0.4, -0.2) is 28.9 Å². The van der Waals surface area contributed by atoms with Gasteiger partial charge in [0.1, 0.15) is 17.3 Å². The number of aromatic nitrogens is 2. The first kappa shape index (κ1) is 18.8. The van der Waals surface area contributed by atoms with E-state index in [0.29, 0.717) is 17.2 Å². The van der Waals surface area contributed by atoms with Crippen LogP contribution in [0.15, 0.2) is 60.9 Å². The molecule has 0 saturated carbocycles. The van der Waals surface area contributed by atoms with E-state index in [1.807, 2.05) is 24.3 Å². The highest BCUT2D eigenvalue weighted by molar-refractivity contribution is 6.02. The summed E-state index contributed by atoms with van der Waals surface area (Å²) in [7, 11) is 1.61. The van der Waals surface area contributed by atoms with Gasteiger partial charge in [0.15, 0.2) is 0 Å². The maximum atomic E-state index is 12.3. The van der Waals surface area contributed by atoms with Crippen molar-refractivity contribution in [3.63, 3.8) is 0 Å². The Morgan fingerprint density at radius 2 is 1.43 bits per heavy atom. The third kappa shape index (κ3) is 5.04. The number of nitrogens with zero attached hydrogens (tertiary/aromatic N) is 2. The van der Waals surface area contributed by atoms with E-state index >= 15 is 0 Å². The monoisotopic (exact) mass is 377 g/mol. The zero-order valence-corrected chi connectivity index (χ0v) is 15.4. The second-order valence-electron chi connectivity index (χ2n) is 5.85. The minimum absolute atomic E-state index is 0.157. The van der Waals surface area contributed by atoms with Gasteiger partial charge in [-0.2, -0.15) is 0 Å². The summed E-state index contributed by atoms with van der Waals surface area (Å²) in [6.07, 6.45) is 2.88. The molecule has 2 aromatic carbocycles. The smallest absolute Gasteiger partial charge is 0.275 e. The van der Waals surface area contributed by atoms with Gasteiger partial charge in [0.25, 0.3) is 5.91 Å². The Hall–Kier alpha value is -3.94. The Morgan fingerprint density at radius 1 is 0.821 bits per heavy atom. The van der Waals surface area contributed by atoms with E-state index in [-0.39, 0.29) is 17.5 Å². The number of amides is 2. The van der Waals surface area contributed by atoms with Crippen molar-refractivity contribution >= 4 is 34.7 Å². The van der Waals surface area contributed by atoms with Crippen molar-refractivity contribution in [1.82, 2.24) is 9.97 Å². The lowest BCUT2D eigenvalue weighted by molar-refractivity contribution is -0.114. The summed E-state index contributed by atoms with van der Waals surface area (Å²) in [6.45, 7) is 1.43. The summed E-state index contributed by atoms with van der Waals surface area (Å²) in [5.74, 6) is 0.737. The average molecular weight is 377 g/mol. The molecule has 3 aromatic rings. The highest BCUT2D eigenvalue weighted by Crippen LogP contribution is 2.18. The molecule has 0 unspecified atom stereocenters. The van der Waals surface area contributed by atoms with Gasteiger partial charge in [0, 0.05) is 24.0 Å². The fourth-order valence-electron chi connectivity index (χ4n) is 2.37. The van der Waals surface area contributed by atoms with Crippen LogP contribution in [0, 0.1) is 0 Å². The molecule has 142 valence electrons. The summed E-state index contributed by atoms with van der Waals surface area (Å²) in [5, 5.41) is 8.49. The summed E-state index contributed by atoms with van der Waals surface area (Å²) < 4.78 is 5.11. The van der Waals surface area contributed by atoms with Gasteiger partial charge in [-0.15, -0.1) is 0 Å². The number of carbonyl (C=O) groups excluding carboxylic acids is 2. The molecule has 1 aromatic heterocycles. The van der Waals surface area contributed by atoms with Gasteiger partial charge in [-0.1, -0.05) is 0 Å². The number of benzene rings is 2. The molecular formula is C20H19N5O3. The van der Waals surface area contributed by atoms with Crippen molar-refractivity contribution in [3.8, 4) is 5.75 Å². The topological polar surface area (TPSA) is 105 Å². The van der Waals surface area contributed by atoms with E-state index in [9.17, 15) is 9.59 Å². The number of nitrogens with one attached hydrogen (secondary N) is 3. The molecule has 0 aliphatic carbocycles. The molecule has 1 heterocycles. The highest BCUT2D eigenvalue weighted by atomic mass is 16.5. The molecule has 0 bridgehead atoms. The molecule has 8 heteroatoms. The maximum Gasteiger partial charge on any atom is 0.275 e. The first-order valence-corrected chi connectivity index (χ1v) is 8.45. The molecule has 0 aliphatic rings. The predicted molar refractivity (Wildman–Crippen MR) is 107 cm³/mol. The molecule has 0 atom stereocenters. The van der Waals surface area contributed by atoms with Crippen LogP contribution < -0.4 is 20.7 Å². The fourth-order valence-corrected chi connectivity index (χ4v) is 2.37. The van der Waals surface area contributed by atoms with Crippen LogP contribution in [0.4, 0.5) is 22.9 Å². The van der Waals surface area contributed by atoms with Crippen LogP contribution in [0.5, 0.6) is 5.75 Å². The van der Waals surface area contributed by atoms with Gasteiger partial charge in [0.05, 0.1) is 19.5 Å². The lowest BCUT2D eigenvalue weighted by Gasteiger charge is -2.08. The van der Waals surface area contributed by atoms with Crippen LogP contribution >= 0.6 is 0 Å². The number of rotatable bonds is 6. The fraction of sp³-hybridized carbons (Fsp3) is 0.100. The molecule has 0 aliphatic heterocycles. The Bertz CT molecular complexity index is 955. The zero-order valence-electron chi connectivity index (χ0n) is 15.4. The molecule has 8 nitrogen and oxygen atoms in total. The molecule has 2 amide bonds. The summed E-state index contributed by atoms with van der Waals surface area (Å²) in [6, 6.07) is 14.1. The third-order valence-corrected chi connectivity index (χ3v) is 3.71. The first-order valence-electron chi connectivity index (χ1n) is 8.45. The average Bonchev–Trinajstić information content (AvgIpc) is 2.70. The van der Waals surface area contributed by atoms with Gasteiger partial charge in [-0.25, -0.2) is 9.97 Å². The second kappa shape index (κ2) is 8.63. The van der Waals surface area contributed by atoms with Crippen LogP contribution in [-0.2, 0) is 4.79 Å². The molecule has 0 fully saturated rings. The molecule has 0 radical (unpaired) electrons. The van der Waals surface area contributed by atoms with E-state index in [2.05, 4.69) is 25.9 Å². The van der Waals surface area contributed by atoms with Gasteiger partial charge >= 0.3 is 0 Å². The normalized spacial score (nSPS) is 10.1. The Balaban J connectivity index is 1.60. The number of hydrogen-bond donors (Lipinski definition) is 3. The first-order chi connectivity index (χ1) is 13.5. The van der Waals surface area contributed by atoms with Crippen molar-refractivity contribution in [2.24, 2.45) is 0 Å². The van der Waals surface area contributed by atoms with Crippen molar-refractivity contribution in [3.05, 3.63) is 66.6 Å². The number of anilines is 4. The standard InChI is InChI=1S/C20H19N5O3/c1-13(26)23-14-3-5-16(6-4-14)25-20(27)18-11-22-19(12-21-18)24-15-7-9-17(28-2)10-8-15/h3-12H,1-2H3,(H,22,24)(H,23,26)(H,25,27). The quantitative estimate of drug-likeness (QED) is 0.608.